The van der Waals surface area contributed by atoms with E-state index in [0.717, 1.165) is 29.5 Å². The number of benzene rings is 2. The Hall–Kier alpha value is -2.94. The highest BCUT2D eigenvalue weighted by Crippen LogP contribution is 2.25. The number of esters is 1. The number of rotatable bonds is 7. The molecule has 0 aliphatic heterocycles. The normalized spacial score (nSPS) is 11.1. The smallest absolute Gasteiger partial charge is 0.338 e. The van der Waals surface area contributed by atoms with Gasteiger partial charge < -0.3 is 9.47 Å². The van der Waals surface area contributed by atoms with Crippen LogP contribution in [0, 0.1) is 24.0 Å². The molecule has 0 spiro atoms. The molecule has 0 atom stereocenters. The van der Waals surface area contributed by atoms with Crippen LogP contribution in [-0.2, 0) is 14.6 Å². The minimum atomic E-state index is -3.79. The van der Waals surface area contributed by atoms with E-state index in [2.05, 4.69) is 0 Å². The minimum absolute atomic E-state index is 0.0621. The molecule has 2 rings (SSSR count). The second-order valence-corrected chi connectivity index (χ2v) is 8.00. The highest BCUT2D eigenvalue weighted by atomic mass is 32.2. The van der Waals surface area contributed by atoms with Crippen molar-refractivity contribution in [2.75, 3.05) is 19.5 Å². The first-order valence-corrected chi connectivity index (χ1v) is 9.84. The predicted octanol–water partition coefficient (Wildman–Crippen LogP) is 2.85. The number of hydrogen-bond donors (Lipinski definition) is 0. The van der Waals surface area contributed by atoms with Crippen LogP contribution in [0.15, 0.2) is 41.3 Å². The molecule has 0 aliphatic rings. The summed E-state index contributed by atoms with van der Waals surface area (Å²) in [6, 6.07) is 8.79. The van der Waals surface area contributed by atoms with Gasteiger partial charge in [-0.2, -0.15) is 0 Å². The summed E-state index contributed by atoms with van der Waals surface area (Å²) >= 11 is 0. The SMILES string of the molecule is Cc1cc(C)cc(OCCOC(=O)c2ccc(S(C)(=O)=O)c([N+](=O)[O-])c2)c1. The summed E-state index contributed by atoms with van der Waals surface area (Å²) in [6.45, 7) is 3.92. The number of sulfone groups is 1. The molecule has 0 saturated heterocycles. The molecule has 0 radical (unpaired) electrons. The second-order valence-electron chi connectivity index (χ2n) is 6.02. The Kier molecular flexibility index (Phi) is 6.17. The van der Waals surface area contributed by atoms with Gasteiger partial charge in [-0.3, -0.25) is 10.1 Å². The molecule has 0 aliphatic carbocycles. The van der Waals surface area contributed by atoms with E-state index >= 15 is 0 Å². The van der Waals surface area contributed by atoms with Crippen LogP contribution in [-0.4, -0.2) is 38.8 Å². The van der Waals surface area contributed by atoms with Gasteiger partial charge >= 0.3 is 5.97 Å². The first-order chi connectivity index (χ1) is 12.6. The summed E-state index contributed by atoms with van der Waals surface area (Å²) in [5.41, 5.74) is 1.31. The van der Waals surface area contributed by atoms with E-state index in [1.54, 1.807) is 0 Å². The Balaban J connectivity index is 2.01. The third-order valence-electron chi connectivity index (χ3n) is 3.57. The van der Waals surface area contributed by atoms with Crippen molar-refractivity contribution in [3.63, 3.8) is 0 Å². The van der Waals surface area contributed by atoms with Crippen LogP contribution in [0.4, 0.5) is 5.69 Å². The predicted molar refractivity (Wildman–Crippen MR) is 97.9 cm³/mol. The standard InChI is InChI=1S/C18H19NO7S/c1-12-8-13(2)10-15(9-12)25-6-7-26-18(20)14-4-5-17(27(3,23)24)16(11-14)19(21)22/h4-5,8-11H,6-7H2,1-3H3. The summed E-state index contributed by atoms with van der Waals surface area (Å²) in [4.78, 5) is 21.8. The number of hydrogen-bond acceptors (Lipinski definition) is 7. The van der Waals surface area contributed by atoms with Crippen molar-refractivity contribution in [2.45, 2.75) is 18.7 Å². The van der Waals surface area contributed by atoms with E-state index in [0.29, 0.717) is 5.75 Å². The molecule has 0 N–H and O–H groups in total. The van der Waals surface area contributed by atoms with Gasteiger partial charge in [0.25, 0.3) is 5.69 Å². The van der Waals surface area contributed by atoms with Gasteiger partial charge in [-0.15, -0.1) is 0 Å². The number of nitrogens with zero attached hydrogens (tertiary/aromatic N) is 1. The van der Waals surface area contributed by atoms with Gasteiger partial charge in [-0.1, -0.05) is 6.07 Å². The van der Waals surface area contributed by atoms with Crippen LogP contribution in [0.3, 0.4) is 0 Å². The molecule has 0 saturated carbocycles. The van der Waals surface area contributed by atoms with E-state index in [1.807, 2.05) is 32.0 Å². The molecule has 2 aromatic rings. The zero-order valence-electron chi connectivity index (χ0n) is 15.1. The number of nitro benzene ring substituents is 1. The molecule has 8 nitrogen and oxygen atoms in total. The zero-order valence-corrected chi connectivity index (χ0v) is 15.9. The van der Waals surface area contributed by atoms with Crippen LogP contribution < -0.4 is 4.74 Å². The molecule has 0 amide bonds. The third kappa shape index (κ3) is 5.52. The van der Waals surface area contributed by atoms with Crippen LogP contribution in [0.25, 0.3) is 0 Å². The van der Waals surface area contributed by atoms with E-state index in [1.165, 1.54) is 6.07 Å². The molecule has 0 aromatic heterocycles. The molecular formula is C18H19NO7S. The van der Waals surface area contributed by atoms with Crippen molar-refractivity contribution in [1.29, 1.82) is 0 Å². The number of ether oxygens (including phenoxy) is 2. The van der Waals surface area contributed by atoms with Crippen molar-refractivity contribution in [3.8, 4) is 5.75 Å². The number of aryl methyl sites for hydroxylation is 2. The van der Waals surface area contributed by atoms with Gasteiger partial charge in [0.15, 0.2) is 9.84 Å². The maximum atomic E-state index is 12.1. The molecular weight excluding hydrogens is 374 g/mol. The zero-order chi connectivity index (χ0) is 20.2. The molecule has 0 bridgehead atoms. The molecule has 27 heavy (non-hydrogen) atoms. The lowest BCUT2D eigenvalue weighted by Crippen LogP contribution is -2.13. The van der Waals surface area contributed by atoms with Crippen molar-refractivity contribution >= 4 is 21.5 Å². The lowest BCUT2D eigenvalue weighted by molar-refractivity contribution is -0.387. The first-order valence-electron chi connectivity index (χ1n) is 7.94. The highest BCUT2D eigenvalue weighted by Gasteiger charge is 2.24. The van der Waals surface area contributed by atoms with Gasteiger partial charge in [0.05, 0.1) is 10.5 Å². The maximum absolute atomic E-state index is 12.1. The topological polar surface area (TPSA) is 113 Å². The fraction of sp³-hybridized carbons (Fsp3) is 0.278. The summed E-state index contributed by atoms with van der Waals surface area (Å²) in [6.07, 6.45) is 0.859. The van der Waals surface area contributed by atoms with E-state index in [9.17, 15) is 23.3 Å². The van der Waals surface area contributed by atoms with Crippen molar-refractivity contribution in [3.05, 3.63) is 63.2 Å². The number of carbonyl (C=O) groups is 1. The minimum Gasteiger partial charge on any atom is -0.490 e. The second kappa shape index (κ2) is 8.17. The third-order valence-corrected chi connectivity index (χ3v) is 4.72. The van der Waals surface area contributed by atoms with Gasteiger partial charge in [0.2, 0.25) is 0 Å². The van der Waals surface area contributed by atoms with Gasteiger partial charge in [-0.25, -0.2) is 13.2 Å². The average molecular weight is 393 g/mol. The van der Waals surface area contributed by atoms with E-state index < -0.39 is 31.3 Å². The molecule has 144 valence electrons. The summed E-state index contributed by atoms with van der Waals surface area (Å²) in [5.74, 6) is -0.154. The molecule has 0 heterocycles. The number of carbonyl (C=O) groups excluding carboxylic acids is 1. The lowest BCUT2D eigenvalue weighted by Gasteiger charge is -2.09. The fourth-order valence-electron chi connectivity index (χ4n) is 2.49. The maximum Gasteiger partial charge on any atom is 0.338 e. The summed E-state index contributed by atoms with van der Waals surface area (Å²) in [5, 5.41) is 11.1. The van der Waals surface area contributed by atoms with Gasteiger partial charge in [0.1, 0.15) is 23.9 Å². The van der Waals surface area contributed by atoms with E-state index in [4.69, 9.17) is 9.47 Å². The van der Waals surface area contributed by atoms with Gasteiger partial charge in [-0.05, 0) is 49.2 Å². The van der Waals surface area contributed by atoms with Crippen molar-refractivity contribution < 1.29 is 27.6 Å². The van der Waals surface area contributed by atoms with Crippen LogP contribution >= 0.6 is 0 Å². The van der Waals surface area contributed by atoms with Crippen LogP contribution in [0.1, 0.15) is 21.5 Å². The summed E-state index contributed by atoms with van der Waals surface area (Å²) in [7, 11) is -3.79. The Bertz CT molecular complexity index is 963. The van der Waals surface area contributed by atoms with Crippen molar-refractivity contribution in [2.24, 2.45) is 0 Å². The fourth-order valence-corrected chi connectivity index (χ4v) is 3.32. The molecule has 9 heteroatoms. The van der Waals surface area contributed by atoms with Crippen molar-refractivity contribution in [1.82, 2.24) is 0 Å². The largest absolute Gasteiger partial charge is 0.490 e. The van der Waals surface area contributed by atoms with Crippen LogP contribution in [0.5, 0.6) is 5.75 Å². The Morgan fingerprint density at radius 3 is 2.26 bits per heavy atom. The summed E-state index contributed by atoms with van der Waals surface area (Å²) < 4.78 is 33.7. The van der Waals surface area contributed by atoms with Gasteiger partial charge in [0, 0.05) is 12.3 Å². The quantitative estimate of drug-likeness (QED) is 0.308. The first kappa shape index (κ1) is 20.4. The molecule has 0 unspecified atom stereocenters. The Morgan fingerprint density at radius 2 is 1.70 bits per heavy atom. The Labute approximate surface area is 156 Å². The lowest BCUT2D eigenvalue weighted by atomic mass is 10.1. The average Bonchev–Trinajstić information content (AvgIpc) is 2.56. The van der Waals surface area contributed by atoms with Crippen LogP contribution in [0.2, 0.25) is 0 Å². The highest BCUT2D eigenvalue weighted by molar-refractivity contribution is 7.90. The Morgan fingerprint density at radius 1 is 1.07 bits per heavy atom. The number of nitro groups is 1. The van der Waals surface area contributed by atoms with E-state index in [-0.39, 0.29) is 18.8 Å². The monoisotopic (exact) mass is 393 g/mol. The molecule has 0 fully saturated rings. The molecule has 2 aromatic carbocycles.